The van der Waals surface area contributed by atoms with E-state index >= 15 is 0 Å². The van der Waals surface area contributed by atoms with Gasteiger partial charge < -0.3 is 4.98 Å². The molecule has 0 bridgehead atoms. The van der Waals surface area contributed by atoms with Crippen molar-refractivity contribution in [2.24, 2.45) is 0 Å². The van der Waals surface area contributed by atoms with Crippen molar-refractivity contribution < 1.29 is 0 Å². The number of aryl methyl sites for hydroxylation is 3. The molecule has 0 spiro atoms. The maximum Gasteiger partial charge on any atom is 0.251 e. The predicted molar refractivity (Wildman–Crippen MR) is 58.8 cm³/mol. The minimum Gasteiger partial charge on any atom is -0.321 e. The van der Waals surface area contributed by atoms with E-state index in [1.807, 2.05) is 19.9 Å². The largest absolute Gasteiger partial charge is 0.321 e. The maximum atomic E-state index is 11.4. The number of nitrogens with one attached hydrogen (secondary N) is 1. The minimum absolute atomic E-state index is 0.00412. The van der Waals surface area contributed by atoms with Crippen molar-refractivity contribution >= 4 is 10.9 Å². The summed E-state index contributed by atoms with van der Waals surface area (Å²) in [4.78, 5) is 14.3. The first-order chi connectivity index (χ1) is 6.58. The van der Waals surface area contributed by atoms with Crippen LogP contribution >= 0.6 is 0 Å². The van der Waals surface area contributed by atoms with Crippen LogP contribution in [0.5, 0.6) is 0 Å². The second-order valence-corrected chi connectivity index (χ2v) is 3.83. The van der Waals surface area contributed by atoms with Gasteiger partial charge in [-0.1, -0.05) is 11.6 Å². The Morgan fingerprint density at radius 3 is 2.43 bits per heavy atom. The smallest absolute Gasteiger partial charge is 0.251 e. The standard InChI is InChI=1S/C12H13NO/c1-7-4-8(2)11-10(5-7)6-9(3)12(14)13-11/h4-6H,1-3H3,(H,13,14). The highest BCUT2D eigenvalue weighted by Crippen LogP contribution is 2.17. The minimum atomic E-state index is 0.00412. The van der Waals surface area contributed by atoms with Gasteiger partial charge in [0.1, 0.15) is 0 Å². The highest BCUT2D eigenvalue weighted by molar-refractivity contribution is 5.82. The molecule has 1 heterocycles. The Hall–Kier alpha value is -1.57. The van der Waals surface area contributed by atoms with Gasteiger partial charge in [-0.25, -0.2) is 0 Å². The van der Waals surface area contributed by atoms with Gasteiger partial charge in [0.25, 0.3) is 5.56 Å². The molecule has 0 aliphatic rings. The number of hydrogen-bond acceptors (Lipinski definition) is 1. The van der Waals surface area contributed by atoms with Gasteiger partial charge in [0.05, 0.1) is 5.52 Å². The molecule has 0 saturated carbocycles. The van der Waals surface area contributed by atoms with Crippen LogP contribution < -0.4 is 5.56 Å². The average molecular weight is 187 g/mol. The Labute approximate surface area is 82.6 Å². The molecular formula is C12H13NO. The molecule has 72 valence electrons. The van der Waals surface area contributed by atoms with Crippen LogP contribution in [0.3, 0.4) is 0 Å². The fourth-order valence-corrected chi connectivity index (χ4v) is 1.80. The van der Waals surface area contributed by atoms with Crippen molar-refractivity contribution in [3.8, 4) is 0 Å². The number of aromatic nitrogens is 1. The summed E-state index contributed by atoms with van der Waals surface area (Å²) in [6, 6.07) is 6.10. The summed E-state index contributed by atoms with van der Waals surface area (Å²) in [7, 11) is 0. The lowest BCUT2D eigenvalue weighted by atomic mass is 10.1. The molecule has 2 heteroatoms. The number of aromatic amines is 1. The Bertz CT molecular complexity index is 552. The number of fused-ring (bicyclic) bond motifs is 1. The van der Waals surface area contributed by atoms with E-state index in [1.165, 1.54) is 5.56 Å². The summed E-state index contributed by atoms with van der Waals surface area (Å²) in [5, 5.41) is 1.11. The monoisotopic (exact) mass is 187 g/mol. The highest BCUT2D eigenvalue weighted by atomic mass is 16.1. The highest BCUT2D eigenvalue weighted by Gasteiger charge is 2.01. The van der Waals surface area contributed by atoms with Crippen LogP contribution in [0.1, 0.15) is 16.7 Å². The molecule has 0 atom stereocenters. The quantitative estimate of drug-likeness (QED) is 0.675. The summed E-state index contributed by atoms with van der Waals surface area (Å²) < 4.78 is 0. The molecule has 14 heavy (non-hydrogen) atoms. The number of pyridine rings is 1. The van der Waals surface area contributed by atoms with Gasteiger partial charge in [0, 0.05) is 5.56 Å². The Kier molecular flexibility index (Phi) is 1.92. The molecule has 2 nitrogen and oxygen atoms in total. The van der Waals surface area contributed by atoms with Gasteiger partial charge in [-0.3, -0.25) is 4.79 Å². The molecule has 0 fully saturated rings. The lowest BCUT2D eigenvalue weighted by Gasteiger charge is -2.04. The van der Waals surface area contributed by atoms with Gasteiger partial charge in [0.15, 0.2) is 0 Å². The molecule has 1 N–H and O–H groups in total. The van der Waals surface area contributed by atoms with Crippen molar-refractivity contribution in [2.45, 2.75) is 20.8 Å². The van der Waals surface area contributed by atoms with Crippen molar-refractivity contribution in [1.82, 2.24) is 4.98 Å². The van der Waals surface area contributed by atoms with Crippen molar-refractivity contribution in [1.29, 1.82) is 0 Å². The molecule has 1 aromatic carbocycles. The van der Waals surface area contributed by atoms with Crippen LogP contribution in [-0.2, 0) is 0 Å². The van der Waals surface area contributed by atoms with Gasteiger partial charge in [-0.2, -0.15) is 0 Å². The first kappa shape index (κ1) is 9.00. The third kappa shape index (κ3) is 1.33. The topological polar surface area (TPSA) is 32.9 Å². The number of H-pyrrole nitrogens is 1. The van der Waals surface area contributed by atoms with Gasteiger partial charge in [-0.05, 0) is 43.9 Å². The summed E-state index contributed by atoms with van der Waals surface area (Å²) in [6.45, 7) is 5.91. The second kappa shape index (κ2) is 2.98. The summed E-state index contributed by atoms with van der Waals surface area (Å²) in [5.41, 5.74) is 4.07. The van der Waals surface area contributed by atoms with Crippen LogP contribution in [0, 0.1) is 20.8 Å². The zero-order valence-electron chi connectivity index (χ0n) is 8.64. The van der Waals surface area contributed by atoms with Crippen LogP contribution in [-0.4, -0.2) is 4.98 Å². The van der Waals surface area contributed by atoms with Gasteiger partial charge >= 0.3 is 0 Å². The second-order valence-electron chi connectivity index (χ2n) is 3.83. The summed E-state index contributed by atoms with van der Waals surface area (Å²) >= 11 is 0. The van der Waals surface area contributed by atoms with Crippen LogP contribution in [0.15, 0.2) is 23.0 Å². The van der Waals surface area contributed by atoms with E-state index in [0.717, 1.165) is 22.0 Å². The molecule has 0 aliphatic heterocycles. The third-order valence-corrected chi connectivity index (χ3v) is 2.48. The molecule has 2 rings (SSSR count). The van der Waals surface area contributed by atoms with E-state index in [9.17, 15) is 4.79 Å². The normalized spacial score (nSPS) is 10.8. The van der Waals surface area contributed by atoms with Crippen LogP contribution in [0.25, 0.3) is 10.9 Å². The number of rotatable bonds is 0. The summed E-state index contributed by atoms with van der Waals surface area (Å²) in [5.74, 6) is 0. The van der Waals surface area contributed by atoms with E-state index in [1.54, 1.807) is 0 Å². The van der Waals surface area contributed by atoms with Crippen molar-refractivity contribution in [2.75, 3.05) is 0 Å². The molecular weight excluding hydrogens is 174 g/mol. The molecule has 1 aromatic heterocycles. The summed E-state index contributed by atoms with van der Waals surface area (Å²) in [6.07, 6.45) is 0. The zero-order valence-corrected chi connectivity index (χ0v) is 8.64. The third-order valence-electron chi connectivity index (χ3n) is 2.48. The van der Waals surface area contributed by atoms with Crippen molar-refractivity contribution in [3.05, 3.63) is 45.2 Å². The first-order valence-electron chi connectivity index (χ1n) is 4.69. The lowest BCUT2D eigenvalue weighted by molar-refractivity contribution is 1.22. The van der Waals surface area contributed by atoms with Gasteiger partial charge in [0.2, 0.25) is 0 Å². The Morgan fingerprint density at radius 2 is 1.71 bits per heavy atom. The van der Waals surface area contributed by atoms with E-state index in [4.69, 9.17) is 0 Å². The fraction of sp³-hybridized carbons (Fsp3) is 0.250. The molecule has 0 aliphatic carbocycles. The Morgan fingerprint density at radius 1 is 1.00 bits per heavy atom. The molecule has 0 radical (unpaired) electrons. The number of hydrogen-bond donors (Lipinski definition) is 1. The molecule has 0 unspecified atom stereocenters. The maximum absolute atomic E-state index is 11.4. The SMILES string of the molecule is Cc1cc(C)c2[nH]c(=O)c(C)cc2c1. The van der Waals surface area contributed by atoms with E-state index in [0.29, 0.717) is 0 Å². The van der Waals surface area contributed by atoms with Crippen LogP contribution in [0.2, 0.25) is 0 Å². The Balaban J connectivity index is 2.96. The van der Waals surface area contributed by atoms with Gasteiger partial charge in [-0.15, -0.1) is 0 Å². The lowest BCUT2D eigenvalue weighted by Crippen LogP contribution is -2.09. The van der Waals surface area contributed by atoms with Crippen LogP contribution in [0.4, 0.5) is 0 Å². The zero-order chi connectivity index (χ0) is 10.3. The molecule has 0 amide bonds. The molecule has 0 saturated heterocycles. The molecule has 2 aromatic rings. The average Bonchev–Trinajstić information content (AvgIpc) is 2.08. The van der Waals surface area contributed by atoms with E-state index < -0.39 is 0 Å². The fourth-order valence-electron chi connectivity index (χ4n) is 1.80. The number of benzene rings is 1. The van der Waals surface area contributed by atoms with E-state index in [-0.39, 0.29) is 5.56 Å². The van der Waals surface area contributed by atoms with Crippen molar-refractivity contribution in [3.63, 3.8) is 0 Å². The van der Waals surface area contributed by atoms with E-state index in [2.05, 4.69) is 24.0 Å². The predicted octanol–water partition coefficient (Wildman–Crippen LogP) is 2.45. The first-order valence-corrected chi connectivity index (χ1v) is 4.69.